The molecular formula is C23H14BrClN2O3. The van der Waals surface area contributed by atoms with E-state index in [4.69, 9.17) is 11.6 Å². The molecule has 148 valence electrons. The molecule has 0 aliphatic heterocycles. The Kier molecular flexibility index (Phi) is 5.53. The molecule has 0 atom stereocenters. The first kappa shape index (κ1) is 20.1. The number of benzene rings is 3. The molecule has 2 N–H and O–H groups in total. The molecule has 0 saturated heterocycles. The van der Waals surface area contributed by atoms with Gasteiger partial charge in [0.25, 0.3) is 5.91 Å². The number of rotatable bonds is 4. The van der Waals surface area contributed by atoms with Crippen molar-refractivity contribution >= 4 is 50.7 Å². The van der Waals surface area contributed by atoms with E-state index < -0.39 is 11.7 Å². The molecule has 3 aromatic rings. The number of amides is 1. The lowest BCUT2D eigenvalue weighted by Gasteiger charge is -2.22. The minimum Gasteiger partial charge on any atom is -0.350 e. The van der Waals surface area contributed by atoms with Gasteiger partial charge in [0.2, 0.25) is 11.6 Å². The Morgan fingerprint density at radius 3 is 1.93 bits per heavy atom. The maximum atomic E-state index is 13.2. The van der Waals surface area contributed by atoms with Gasteiger partial charge >= 0.3 is 0 Å². The van der Waals surface area contributed by atoms with Gasteiger partial charge in [-0.15, -0.1) is 0 Å². The second-order valence-electron chi connectivity index (χ2n) is 6.55. The van der Waals surface area contributed by atoms with E-state index in [2.05, 4.69) is 26.6 Å². The molecule has 0 bridgehead atoms. The van der Waals surface area contributed by atoms with Crippen LogP contribution in [-0.2, 0) is 0 Å². The van der Waals surface area contributed by atoms with Gasteiger partial charge in [0.1, 0.15) is 11.4 Å². The van der Waals surface area contributed by atoms with E-state index in [9.17, 15) is 14.4 Å². The lowest BCUT2D eigenvalue weighted by molar-refractivity contribution is 0.0920. The molecule has 0 aromatic heterocycles. The Morgan fingerprint density at radius 1 is 0.767 bits per heavy atom. The van der Waals surface area contributed by atoms with Gasteiger partial charge < -0.3 is 10.6 Å². The number of allylic oxidation sites excluding steroid dienone is 2. The van der Waals surface area contributed by atoms with E-state index >= 15 is 0 Å². The van der Waals surface area contributed by atoms with Gasteiger partial charge in [-0.2, -0.15) is 0 Å². The zero-order chi connectivity index (χ0) is 21.3. The van der Waals surface area contributed by atoms with E-state index in [1.54, 1.807) is 72.8 Å². The molecule has 0 saturated carbocycles. The predicted octanol–water partition coefficient (Wildman–Crippen LogP) is 5.24. The van der Waals surface area contributed by atoms with Crippen molar-refractivity contribution in [2.24, 2.45) is 0 Å². The number of hydrogen-bond acceptors (Lipinski definition) is 4. The topological polar surface area (TPSA) is 75.3 Å². The quantitative estimate of drug-likeness (QED) is 0.535. The number of nitrogens with one attached hydrogen (secondary N) is 2. The molecule has 7 heteroatoms. The zero-order valence-corrected chi connectivity index (χ0v) is 17.8. The van der Waals surface area contributed by atoms with E-state index in [1.165, 1.54) is 0 Å². The lowest BCUT2D eigenvalue weighted by atomic mass is 9.90. The highest BCUT2D eigenvalue weighted by molar-refractivity contribution is 9.10. The van der Waals surface area contributed by atoms with Crippen LogP contribution in [0.1, 0.15) is 31.1 Å². The van der Waals surface area contributed by atoms with Crippen LogP contribution in [0.3, 0.4) is 0 Å². The third kappa shape index (κ3) is 3.92. The maximum absolute atomic E-state index is 13.2. The molecule has 0 spiro atoms. The number of carbonyl (C=O) groups is 3. The standard InChI is InChI=1S/C23H14BrClN2O3/c24-14-7-11-16(12-8-14)26-19-20(27-23(30)13-5-9-15(25)10-6-13)22(29)18-4-2-1-3-17(18)21(19)28/h1-12,26H,(H,27,30). The number of Topliss-reactive ketones (excluding diaryl/α,β-unsaturated/α-hetero) is 2. The van der Waals surface area contributed by atoms with Crippen LogP contribution in [0.25, 0.3) is 0 Å². The van der Waals surface area contributed by atoms with Gasteiger partial charge in [0.15, 0.2) is 0 Å². The third-order valence-electron chi connectivity index (χ3n) is 4.58. The van der Waals surface area contributed by atoms with Gasteiger partial charge in [-0.25, -0.2) is 0 Å². The van der Waals surface area contributed by atoms with Crippen LogP contribution in [-0.4, -0.2) is 17.5 Å². The molecule has 1 aliphatic rings. The Bertz CT molecular complexity index is 1200. The fourth-order valence-corrected chi connectivity index (χ4v) is 3.47. The SMILES string of the molecule is O=C(NC1=C(Nc2ccc(Br)cc2)C(=O)c2ccccc2C1=O)c1ccc(Cl)cc1. The van der Waals surface area contributed by atoms with Gasteiger partial charge in [0, 0.05) is 31.9 Å². The fraction of sp³-hybridized carbons (Fsp3) is 0. The summed E-state index contributed by atoms with van der Waals surface area (Å²) in [7, 11) is 0. The summed E-state index contributed by atoms with van der Waals surface area (Å²) in [6, 6.07) is 19.9. The van der Waals surface area contributed by atoms with Gasteiger partial charge in [-0.05, 0) is 48.5 Å². The first-order chi connectivity index (χ1) is 14.4. The van der Waals surface area contributed by atoms with Crippen molar-refractivity contribution in [3.8, 4) is 0 Å². The molecule has 0 heterocycles. The van der Waals surface area contributed by atoms with E-state index in [1.807, 2.05) is 0 Å². The zero-order valence-electron chi connectivity index (χ0n) is 15.4. The smallest absolute Gasteiger partial charge is 0.255 e. The summed E-state index contributed by atoms with van der Waals surface area (Å²) >= 11 is 9.24. The number of fused-ring (bicyclic) bond motifs is 1. The molecule has 0 radical (unpaired) electrons. The Labute approximate surface area is 185 Å². The van der Waals surface area contributed by atoms with E-state index in [-0.39, 0.29) is 28.3 Å². The van der Waals surface area contributed by atoms with Crippen molar-refractivity contribution in [2.45, 2.75) is 0 Å². The number of hydrogen-bond donors (Lipinski definition) is 2. The van der Waals surface area contributed by atoms with Crippen molar-refractivity contribution < 1.29 is 14.4 Å². The first-order valence-corrected chi connectivity index (χ1v) is 10.1. The first-order valence-electron chi connectivity index (χ1n) is 8.96. The molecule has 3 aromatic carbocycles. The van der Waals surface area contributed by atoms with Crippen molar-refractivity contribution in [3.63, 3.8) is 0 Å². The Hall–Kier alpha value is -3.22. The molecule has 1 amide bonds. The van der Waals surface area contributed by atoms with Crippen LogP contribution in [0.2, 0.25) is 5.02 Å². The number of anilines is 1. The van der Waals surface area contributed by atoms with Crippen molar-refractivity contribution in [1.29, 1.82) is 0 Å². The summed E-state index contributed by atoms with van der Waals surface area (Å²) in [5.74, 6) is -1.33. The van der Waals surface area contributed by atoms with E-state index in [0.717, 1.165) is 4.47 Å². The van der Waals surface area contributed by atoms with Crippen molar-refractivity contribution in [1.82, 2.24) is 5.32 Å². The molecule has 0 unspecified atom stereocenters. The maximum Gasteiger partial charge on any atom is 0.255 e. The minimum absolute atomic E-state index is 0.0170. The van der Waals surface area contributed by atoms with Gasteiger partial charge in [0.05, 0.1) is 0 Å². The average Bonchev–Trinajstić information content (AvgIpc) is 2.76. The lowest BCUT2D eigenvalue weighted by Crippen LogP contribution is -2.36. The van der Waals surface area contributed by atoms with Gasteiger partial charge in [-0.1, -0.05) is 51.8 Å². The van der Waals surface area contributed by atoms with Crippen molar-refractivity contribution in [3.05, 3.63) is 110 Å². The van der Waals surface area contributed by atoms with Crippen LogP contribution in [0, 0.1) is 0 Å². The molecule has 1 aliphatic carbocycles. The number of carbonyl (C=O) groups excluding carboxylic acids is 3. The van der Waals surface area contributed by atoms with Crippen LogP contribution in [0.15, 0.2) is 88.7 Å². The van der Waals surface area contributed by atoms with Crippen molar-refractivity contribution in [2.75, 3.05) is 5.32 Å². The molecule has 5 nitrogen and oxygen atoms in total. The molecular weight excluding hydrogens is 468 g/mol. The Balaban J connectivity index is 1.76. The van der Waals surface area contributed by atoms with E-state index in [0.29, 0.717) is 16.3 Å². The number of ketones is 2. The molecule has 0 fully saturated rings. The van der Waals surface area contributed by atoms with Crippen LogP contribution in [0.5, 0.6) is 0 Å². The highest BCUT2D eigenvalue weighted by atomic mass is 79.9. The number of halogens is 2. The summed E-state index contributed by atoms with van der Waals surface area (Å²) in [5.41, 5.74) is 1.37. The van der Waals surface area contributed by atoms with Crippen LogP contribution in [0.4, 0.5) is 5.69 Å². The summed E-state index contributed by atoms with van der Waals surface area (Å²) in [5, 5.41) is 6.10. The summed E-state index contributed by atoms with van der Waals surface area (Å²) < 4.78 is 0.870. The highest BCUT2D eigenvalue weighted by Gasteiger charge is 2.33. The minimum atomic E-state index is -0.516. The predicted molar refractivity (Wildman–Crippen MR) is 119 cm³/mol. The highest BCUT2D eigenvalue weighted by Crippen LogP contribution is 2.27. The van der Waals surface area contributed by atoms with Crippen LogP contribution >= 0.6 is 27.5 Å². The fourth-order valence-electron chi connectivity index (χ4n) is 3.08. The summed E-state index contributed by atoms with van der Waals surface area (Å²) in [6.45, 7) is 0. The van der Waals surface area contributed by atoms with Crippen LogP contribution < -0.4 is 10.6 Å². The molecule has 4 rings (SSSR count). The normalized spacial score (nSPS) is 13.1. The Morgan fingerprint density at radius 2 is 1.33 bits per heavy atom. The summed E-state index contributed by atoms with van der Waals surface area (Å²) in [4.78, 5) is 39.0. The van der Waals surface area contributed by atoms with Gasteiger partial charge in [-0.3, -0.25) is 14.4 Å². The average molecular weight is 482 g/mol. The molecule has 30 heavy (non-hydrogen) atoms. The monoisotopic (exact) mass is 480 g/mol. The summed E-state index contributed by atoms with van der Waals surface area (Å²) in [6.07, 6.45) is 0. The largest absolute Gasteiger partial charge is 0.350 e. The second kappa shape index (κ2) is 8.26. The second-order valence-corrected chi connectivity index (χ2v) is 7.90. The third-order valence-corrected chi connectivity index (χ3v) is 5.36.